The van der Waals surface area contributed by atoms with Crippen molar-refractivity contribution in [3.05, 3.63) is 0 Å². The number of hydrogen-bond acceptors (Lipinski definition) is 1. The average molecular weight is 854 g/mol. The van der Waals surface area contributed by atoms with Crippen molar-refractivity contribution in [1.29, 1.82) is 0 Å². The van der Waals surface area contributed by atoms with Gasteiger partial charge in [0.25, 0.3) is 0 Å². The number of halogens is 33. The SMILES string of the molecule is O=P(C(F)(F)C(F)(F)C(F)(C(F)(F)F)C(F)(F)F)(C(F)(F)C(F)(F)C(F)(C(F)(F)F)C(F)(F)F)C(F)(F)C(F)(F)C(F)(C(F)(F)F)C(F)(F)F. The Balaban J connectivity index is 9.50. The molecule has 0 heterocycles. The quantitative estimate of drug-likeness (QED) is 0.167. The molecule has 0 aromatic rings. The van der Waals surface area contributed by atoms with Gasteiger partial charge in [-0.2, -0.15) is 132 Å². The molecule has 0 aromatic carbocycles. The minimum Gasteiger partial charge on any atom is -0.304 e. The van der Waals surface area contributed by atoms with E-state index in [4.69, 9.17) is 0 Å². The van der Waals surface area contributed by atoms with Crippen LogP contribution in [0.2, 0.25) is 0 Å². The van der Waals surface area contributed by atoms with Crippen molar-refractivity contribution in [2.24, 2.45) is 0 Å². The van der Waals surface area contributed by atoms with E-state index in [0.717, 1.165) is 0 Å². The number of alkyl halides is 33. The second-order valence-corrected chi connectivity index (χ2v) is 11.8. The zero-order valence-electron chi connectivity index (χ0n) is 20.8. The highest BCUT2D eigenvalue weighted by molar-refractivity contribution is 7.67. The van der Waals surface area contributed by atoms with E-state index in [0.29, 0.717) is 0 Å². The van der Waals surface area contributed by atoms with E-state index in [9.17, 15) is 149 Å². The Bertz CT molecular complexity index is 1090. The first kappa shape index (κ1) is 47.9. The molecule has 0 aliphatic carbocycles. The lowest BCUT2D eigenvalue weighted by atomic mass is 9.95. The predicted octanol–water partition coefficient (Wildman–Crippen LogP) is 11.5. The van der Waals surface area contributed by atoms with Crippen LogP contribution in [0.15, 0.2) is 0 Å². The Hall–Kier alpha value is -2.08. The lowest BCUT2D eigenvalue weighted by Crippen LogP contribution is -2.76. The van der Waals surface area contributed by atoms with Crippen LogP contribution in [0.3, 0.4) is 0 Å². The van der Waals surface area contributed by atoms with Crippen molar-refractivity contribution >= 4 is 7.14 Å². The summed E-state index contributed by atoms with van der Waals surface area (Å²) in [5, 5.41) is 0. The molecule has 1 nitrogen and oxygen atoms in total. The molecule has 0 saturated carbocycles. The van der Waals surface area contributed by atoms with E-state index >= 15 is 0 Å². The van der Waals surface area contributed by atoms with E-state index in [-0.39, 0.29) is 0 Å². The zero-order valence-corrected chi connectivity index (χ0v) is 21.7. The van der Waals surface area contributed by atoms with Crippen molar-refractivity contribution in [3.8, 4) is 0 Å². The van der Waals surface area contributed by atoms with Crippen molar-refractivity contribution in [1.82, 2.24) is 0 Å². The van der Waals surface area contributed by atoms with Gasteiger partial charge in [0.1, 0.15) is 0 Å². The van der Waals surface area contributed by atoms with Crippen LogP contribution in [-0.4, -0.2) is 88.8 Å². The standard InChI is InChI=1S/C15F33OP/c16-1(7(25,26)27,8(28,29)30)4(19,20)13(43,44)50(49,14(45,46)5(21,22)2(17,9(31,32)33)10(34,35)36)15(47,48)6(23,24)3(18,11(37,38)39)12(40,41)42. The van der Waals surface area contributed by atoms with Crippen LogP contribution < -0.4 is 0 Å². The zero-order chi connectivity index (χ0) is 42.0. The maximum absolute atomic E-state index is 14.6. The molecule has 0 bridgehead atoms. The summed E-state index contributed by atoms with van der Waals surface area (Å²) in [4.78, 5) is 0. The number of rotatable bonds is 9. The number of hydrogen-bond donors (Lipinski definition) is 0. The van der Waals surface area contributed by atoms with Crippen LogP contribution in [0.5, 0.6) is 0 Å². The van der Waals surface area contributed by atoms with Gasteiger partial charge in [-0.3, -0.25) is 0 Å². The molecule has 0 amide bonds. The summed E-state index contributed by atoms with van der Waals surface area (Å²) in [6.45, 7) is 0. The van der Waals surface area contributed by atoms with Crippen molar-refractivity contribution in [3.63, 3.8) is 0 Å². The molecule has 0 N–H and O–H groups in total. The molecule has 0 saturated heterocycles. The van der Waals surface area contributed by atoms with Crippen LogP contribution in [0, 0.1) is 0 Å². The first-order chi connectivity index (χ1) is 20.8. The van der Waals surface area contributed by atoms with Gasteiger partial charge in [-0.1, -0.05) is 0 Å². The Morgan fingerprint density at radius 3 is 0.400 bits per heavy atom. The largest absolute Gasteiger partial charge is 0.438 e. The van der Waals surface area contributed by atoms with Gasteiger partial charge in [-0.15, -0.1) is 0 Å². The van der Waals surface area contributed by atoms with E-state index in [1.807, 2.05) is 0 Å². The monoisotopic (exact) mass is 854 g/mol. The molecule has 0 unspecified atom stereocenters. The predicted molar refractivity (Wildman–Crippen MR) is 85.1 cm³/mol. The Morgan fingerprint density at radius 1 is 0.220 bits per heavy atom. The van der Waals surface area contributed by atoms with Gasteiger partial charge < -0.3 is 4.57 Å². The molecule has 302 valence electrons. The summed E-state index contributed by atoms with van der Waals surface area (Å²) in [7, 11) is -13.4. The van der Waals surface area contributed by atoms with E-state index in [2.05, 4.69) is 0 Å². The molecular weight excluding hydrogens is 854 g/mol. The maximum Gasteiger partial charge on any atom is 0.438 e. The highest BCUT2D eigenvalue weighted by Gasteiger charge is 3.05. The fourth-order valence-corrected chi connectivity index (χ4v) is 6.00. The van der Waals surface area contributed by atoms with Gasteiger partial charge >= 0.3 is 96.0 Å². The topological polar surface area (TPSA) is 17.1 Å². The Labute approximate surface area is 247 Å². The van der Waals surface area contributed by atoms with Gasteiger partial charge in [0.15, 0.2) is 0 Å². The van der Waals surface area contributed by atoms with Crippen LogP contribution in [0.25, 0.3) is 0 Å². The molecule has 0 fully saturated rings. The second-order valence-electron chi connectivity index (χ2n) is 8.92. The average Bonchev–Trinajstić information content (AvgIpc) is 2.81. The molecule has 50 heavy (non-hydrogen) atoms. The first-order valence-electron chi connectivity index (χ1n) is 10.1. The van der Waals surface area contributed by atoms with Crippen LogP contribution in [0.1, 0.15) is 0 Å². The van der Waals surface area contributed by atoms with Crippen molar-refractivity contribution < 1.29 is 149 Å². The van der Waals surface area contributed by atoms with Gasteiger partial charge in [0.2, 0.25) is 0 Å². The van der Waals surface area contributed by atoms with E-state index < -0.39 is 96.0 Å². The van der Waals surface area contributed by atoms with E-state index in [1.54, 1.807) is 0 Å². The fourth-order valence-electron chi connectivity index (χ4n) is 3.29. The molecule has 0 aliphatic heterocycles. The third-order valence-corrected chi connectivity index (χ3v) is 9.18. The van der Waals surface area contributed by atoms with Gasteiger partial charge in [-0.25, -0.2) is 13.2 Å². The second kappa shape index (κ2) is 11.2. The minimum atomic E-state index is -13.4. The van der Waals surface area contributed by atoms with Crippen LogP contribution in [0.4, 0.5) is 145 Å². The van der Waals surface area contributed by atoms with Crippen LogP contribution >= 0.6 is 7.14 Å². The van der Waals surface area contributed by atoms with Crippen LogP contribution in [-0.2, 0) is 4.57 Å². The lowest BCUT2D eigenvalue weighted by molar-refractivity contribution is -0.427. The third-order valence-electron chi connectivity index (χ3n) is 5.96. The summed E-state index contributed by atoms with van der Waals surface area (Å²) in [5.74, 6) is -31.8. The highest BCUT2D eigenvalue weighted by Crippen LogP contribution is 2.89. The molecule has 0 radical (unpaired) electrons. The molecule has 0 rings (SSSR count). The molecule has 0 spiro atoms. The van der Waals surface area contributed by atoms with Crippen molar-refractivity contribution in [2.45, 2.75) is 88.8 Å². The smallest absolute Gasteiger partial charge is 0.304 e. The third kappa shape index (κ3) is 5.24. The van der Waals surface area contributed by atoms with Gasteiger partial charge in [0.05, 0.1) is 0 Å². The maximum atomic E-state index is 14.6. The summed E-state index contributed by atoms with van der Waals surface area (Å²) in [5.41, 5.74) is -63.0. The lowest BCUT2D eigenvalue weighted by Gasteiger charge is -2.50. The summed E-state index contributed by atoms with van der Waals surface area (Å²) in [6.07, 6.45) is -55.8. The van der Waals surface area contributed by atoms with Crippen molar-refractivity contribution in [2.75, 3.05) is 0 Å². The molecule has 0 atom stereocenters. The van der Waals surface area contributed by atoms with Gasteiger partial charge in [-0.05, 0) is 0 Å². The molecular formula is C15F33OP. The molecule has 0 aromatic heterocycles. The fraction of sp³-hybridized carbons (Fsp3) is 1.00. The summed E-state index contributed by atoms with van der Waals surface area (Å²) < 4.78 is 454. The van der Waals surface area contributed by atoms with E-state index in [1.165, 1.54) is 0 Å². The summed E-state index contributed by atoms with van der Waals surface area (Å²) >= 11 is 0. The normalized spacial score (nSPS) is 17.4. The minimum absolute atomic E-state index is 9.30. The molecule has 0 aliphatic rings. The highest BCUT2D eigenvalue weighted by atomic mass is 31.2. The summed E-state index contributed by atoms with van der Waals surface area (Å²) in [6, 6.07) is 0. The Morgan fingerprint density at radius 2 is 0.320 bits per heavy atom. The molecule has 35 heteroatoms. The first-order valence-corrected chi connectivity index (χ1v) is 11.8. The Kier molecular flexibility index (Phi) is 10.7. The van der Waals surface area contributed by atoms with Gasteiger partial charge in [0, 0.05) is 0 Å².